The molecule has 1 heterocycles. The average Bonchev–Trinajstić information content (AvgIpc) is 2.99. The lowest BCUT2D eigenvalue weighted by atomic mass is 10.0. The highest BCUT2D eigenvalue weighted by Gasteiger charge is 2.25. The normalized spacial score (nSPS) is 11.2. The summed E-state index contributed by atoms with van der Waals surface area (Å²) in [6.07, 6.45) is 6.43. The second-order valence-electron chi connectivity index (χ2n) is 6.16. The molecule has 0 saturated carbocycles. The second kappa shape index (κ2) is 8.29. The zero-order valence-corrected chi connectivity index (χ0v) is 14.9. The Balaban J connectivity index is 2.52. The van der Waals surface area contributed by atoms with Crippen LogP contribution >= 0.6 is 0 Å². The molecule has 1 aromatic heterocycles. The molecule has 5 heteroatoms. The number of benzene rings is 1. The lowest BCUT2D eigenvalue weighted by Crippen LogP contribution is -2.08. The topological polar surface area (TPSA) is 78.9 Å². The number of hydrogen-bond donors (Lipinski definition) is 1. The number of carbonyl (C=O) groups is 1. The first-order chi connectivity index (χ1) is 12.0. The summed E-state index contributed by atoms with van der Waals surface area (Å²) in [5.74, 6) is -0.938. The van der Waals surface area contributed by atoms with Crippen molar-refractivity contribution in [3.05, 3.63) is 58.9 Å². The summed E-state index contributed by atoms with van der Waals surface area (Å²) in [6, 6.07) is 9.10. The maximum absolute atomic E-state index is 11.9. The zero-order valence-electron chi connectivity index (χ0n) is 14.9. The van der Waals surface area contributed by atoms with Crippen LogP contribution in [0.5, 0.6) is 0 Å². The quantitative estimate of drug-likeness (QED) is 0.756. The van der Waals surface area contributed by atoms with Crippen LogP contribution in [0.4, 0.5) is 0 Å². The van der Waals surface area contributed by atoms with Crippen LogP contribution in [-0.4, -0.2) is 20.9 Å². The molecule has 0 aliphatic heterocycles. The predicted octanol–water partition coefficient (Wildman–Crippen LogP) is 4.46. The van der Waals surface area contributed by atoms with Crippen molar-refractivity contribution in [2.75, 3.05) is 0 Å². The van der Waals surface area contributed by atoms with Gasteiger partial charge in [0.1, 0.15) is 5.56 Å². The summed E-state index contributed by atoms with van der Waals surface area (Å²) in [5, 5.41) is 23.3. The van der Waals surface area contributed by atoms with Gasteiger partial charge >= 0.3 is 5.97 Å². The summed E-state index contributed by atoms with van der Waals surface area (Å²) in [6.45, 7) is 5.99. The number of aromatic carboxylic acids is 1. The monoisotopic (exact) mass is 337 g/mol. The number of nitrogens with zero attached hydrogens (tertiary/aromatic N) is 3. The van der Waals surface area contributed by atoms with Gasteiger partial charge in [-0.25, -0.2) is 9.48 Å². The van der Waals surface area contributed by atoms with Gasteiger partial charge in [-0.2, -0.15) is 10.4 Å². The molecule has 0 fully saturated rings. The van der Waals surface area contributed by atoms with E-state index in [1.807, 2.05) is 13.8 Å². The number of allylic oxidation sites excluding steroid dienone is 2. The minimum absolute atomic E-state index is 0.00850. The molecule has 1 N–H and O–H groups in total. The zero-order chi connectivity index (χ0) is 18.4. The Morgan fingerprint density at radius 3 is 2.52 bits per heavy atom. The molecule has 0 aliphatic rings. The van der Waals surface area contributed by atoms with Gasteiger partial charge in [-0.15, -0.1) is 0 Å². The van der Waals surface area contributed by atoms with Crippen molar-refractivity contribution >= 4 is 5.97 Å². The highest BCUT2D eigenvalue weighted by atomic mass is 16.4. The summed E-state index contributed by atoms with van der Waals surface area (Å²) < 4.78 is 1.70. The van der Waals surface area contributed by atoms with Crippen LogP contribution in [0.15, 0.2) is 36.4 Å². The summed E-state index contributed by atoms with van der Waals surface area (Å²) in [7, 11) is 0. The van der Waals surface area contributed by atoms with E-state index < -0.39 is 5.97 Å². The third kappa shape index (κ3) is 4.16. The molecule has 0 aliphatic carbocycles. The Labute approximate surface area is 148 Å². The molecule has 0 bridgehead atoms. The largest absolute Gasteiger partial charge is 0.478 e. The van der Waals surface area contributed by atoms with E-state index in [0.29, 0.717) is 28.9 Å². The summed E-state index contributed by atoms with van der Waals surface area (Å²) >= 11 is 0. The summed E-state index contributed by atoms with van der Waals surface area (Å²) in [5.41, 5.74) is 2.91. The van der Waals surface area contributed by atoms with Gasteiger partial charge in [-0.05, 0) is 49.4 Å². The number of nitriles is 1. The highest BCUT2D eigenvalue weighted by Crippen LogP contribution is 2.27. The van der Waals surface area contributed by atoms with Crippen LogP contribution in [0.3, 0.4) is 0 Å². The molecule has 1 aromatic carbocycles. The molecule has 0 amide bonds. The molecule has 0 saturated heterocycles. The molecule has 5 nitrogen and oxygen atoms in total. The first kappa shape index (κ1) is 18.5. The van der Waals surface area contributed by atoms with Gasteiger partial charge in [-0.3, -0.25) is 0 Å². The SMILES string of the molecule is CC/C=C\CCc1nn(-c2ccc(C#N)cc2)c(C(C)C)c1C(=O)O. The Kier molecular flexibility index (Phi) is 6.13. The van der Waals surface area contributed by atoms with Gasteiger partial charge in [0.05, 0.1) is 28.7 Å². The number of carboxylic acids is 1. The fourth-order valence-electron chi connectivity index (χ4n) is 2.80. The summed E-state index contributed by atoms with van der Waals surface area (Å²) in [4.78, 5) is 11.9. The molecule has 0 unspecified atom stereocenters. The third-order valence-corrected chi connectivity index (χ3v) is 3.95. The molecule has 2 rings (SSSR count). The van der Waals surface area contributed by atoms with Crippen molar-refractivity contribution in [3.63, 3.8) is 0 Å². The van der Waals surface area contributed by atoms with Crippen molar-refractivity contribution in [3.8, 4) is 11.8 Å². The number of rotatable bonds is 7. The molecule has 130 valence electrons. The van der Waals surface area contributed by atoms with E-state index in [9.17, 15) is 9.90 Å². The van der Waals surface area contributed by atoms with Crippen LogP contribution < -0.4 is 0 Å². The fourth-order valence-corrected chi connectivity index (χ4v) is 2.80. The number of aryl methyl sites for hydroxylation is 1. The van der Waals surface area contributed by atoms with Gasteiger partial charge in [-0.1, -0.05) is 32.9 Å². The maximum atomic E-state index is 11.9. The van der Waals surface area contributed by atoms with Crippen LogP contribution in [0.25, 0.3) is 5.69 Å². The molecule has 0 spiro atoms. The van der Waals surface area contributed by atoms with E-state index in [2.05, 4.69) is 30.2 Å². The smallest absolute Gasteiger partial charge is 0.339 e. The van der Waals surface area contributed by atoms with E-state index in [0.717, 1.165) is 18.5 Å². The second-order valence-corrected chi connectivity index (χ2v) is 6.16. The molecular weight excluding hydrogens is 314 g/mol. The molecule has 25 heavy (non-hydrogen) atoms. The van der Waals surface area contributed by atoms with Crippen LogP contribution in [-0.2, 0) is 6.42 Å². The van der Waals surface area contributed by atoms with Crippen LogP contribution in [0.2, 0.25) is 0 Å². The molecular formula is C20H23N3O2. The fraction of sp³-hybridized carbons (Fsp3) is 0.350. The first-order valence-electron chi connectivity index (χ1n) is 8.50. The van der Waals surface area contributed by atoms with Gasteiger partial charge in [0.2, 0.25) is 0 Å². The first-order valence-corrected chi connectivity index (χ1v) is 8.50. The number of hydrogen-bond acceptors (Lipinski definition) is 3. The van der Waals surface area contributed by atoms with Crippen molar-refractivity contribution in [1.29, 1.82) is 5.26 Å². The van der Waals surface area contributed by atoms with Crippen molar-refractivity contribution in [1.82, 2.24) is 9.78 Å². The van der Waals surface area contributed by atoms with E-state index in [1.54, 1.807) is 28.9 Å². The van der Waals surface area contributed by atoms with E-state index in [1.165, 1.54) is 0 Å². The minimum atomic E-state index is -0.946. The lowest BCUT2D eigenvalue weighted by molar-refractivity contribution is 0.0694. The Hall–Kier alpha value is -2.87. The third-order valence-electron chi connectivity index (χ3n) is 3.95. The predicted molar refractivity (Wildman–Crippen MR) is 97.1 cm³/mol. The molecule has 2 aromatic rings. The molecule has 0 atom stereocenters. The Bertz CT molecular complexity index is 809. The Morgan fingerprint density at radius 1 is 1.32 bits per heavy atom. The van der Waals surface area contributed by atoms with Crippen LogP contribution in [0.1, 0.15) is 66.8 Å². The van der Waals surface area contributed by atoms with Crippen molar-refractivity contribution < 1.29 is 9.90 Å². The minimum Gasteiger partial charge on any atom is -0.478 e. The van der Waals surface area contributed by atoms with Gasteiger partial charge in [0.25, 0.3) is 0 Å². The van der Waals surface area contributed by atoms with Crippen molar-refractivity contribution in [2.45, 2.75) is 46.0 Å². The lowest BCUT2D eigenvalue weighted by Gasteiger charge is -2.11. The highest BCUT2D eigenvalue weighted by molar-refractivity contribution is 5.90. The van der Waals surface area contributed by atoms with Crippen molar-refractivity contribution in [2.24, 2.45) is 0 Å². The number of aromatic nitrogens is 2. The van der Waals surface area contributed by atoms with Gasteiger partial charge in [0.15, 0.2) is 0 Å². The van der Waals surface area contributed by atoms with E-state index in [-0.39, 0.29) is 5.92 Å². The standard InChI is InChI=1S/C20H23N3O2/c1-4-5-6-7-8-17-18(20(24)25)19(14(2)3)23(22-17)16-11-9-15(13-21)10-12-16/h5-6,9-12,14H,4,7-8H2,1-3H3,(H,24,25)/b6-5-. The Morgan fingerprint density at radius 2 is 2.00 bits per heavy atom. The van der Waals surface area contributed by atoms with E-state index in [4.69, 9.17) is 5.26 Å². The van der Waals surface area contributed by atoms with E-state index >= 15 is 0 Å². The van der Waals surface area contributed by atoms with Gasteiger partial charge < -0.3 is 5.11 Å². The molecule has 0 radical (unpaired) electrons. The van der Waals surface area contributed by atoms with Gasteiger partial charge in [0, 0.05) is 0 Å². The number of carboxylic acid groups (broad SMARTS) is 1. The average molecular weight is 337 g/mol. The maximum Gasteiger partial charge on any atom is 0.339 e. The van der Waals surface area contributed by atoms with Crippen LogP contribution in [0, 0.1) is 11.3 Å².